The average molecular weight is 359 g/mol. The third kappa shape index (κ3) is 2.49. The zero-order chi connectivity index (χ0) is 13.4. The van der Waals surface area contributed by atoms with E-state index in [0.29, 0.717) is 20.9 Å². The Labute approximate surface area is 124 Å². The van der Waals surface area contributed by atoms with Crippen molar-refractivity contribution in [1.29, 1.82) is 0 Å². The largest absolute Gasteiger partial charge is 0.428 e. The summed E-state index contributed by atoms with van der Waals surface area (Å²) < 4.78 is 7.60. The summed E-state index contributed by atoms with van der Waals surface area (Å²) in [6.45, 7) is 0. The van der Waals surface area contributed by atoms with Crippen LogP contribution < -0.4 is 10.3 Å². The first-order chi connectivity index (χ1) is 9.13. The zero-order valence-corrected chi connectivity index (χ0v) is 12.4. The van der Waals surface area contributed by atoms with Gasteiger partial charge in [0.25, 0.3) is 10.8 Å². The monoisotopic (exact) mass is 357 g/mol. The highest BCUT2D eigenvalue weighted by molar-refractivity contribution is 9.10. The van der Waals surface area contributed by atoms with Gasteiger partial charge >= 0.3 is 0 Å². The summed E-state index contributed by atoms with van der Waals surface area (Å²) in [7, 11) is 0. The molecule has 2 aromatic heterocycles. The number of fused-ring (bicyclic) bond motifs is 1. The molecule has 5 nitrogen and oxygen atoms in total. The van der Waals surface area contributed by atoms with Crippen molar-refractivity contribution in [1.82, 2.24) is 14.6 Å². The van der Waals surface area contributed by atoms with Crippen LogP contribution >= 0.6 is 38.9 Å². The molecule has 0 atom stereocenters. The highest BCUT2D eigenvalue weighted by atomic mass is 79.9. The van der Waals surface area contributed by atoms with Crippen molar-refractivity contribution in [2.24, 2.45) is 0 Å². The Balaban J connectivity index is 2.04. The summed E-state index contributed by atoms with van der Waals surface area (Å²) in [6.07, 6.45) is 1.44. The van der Waals surface area contributed by atoms with Crippen molar-refractivity contribution in [3.8, 4) is 10.9 Å². The third-order valence-electron chi connectivity index (χ3n) is 2.24. The molecule has 0 amide bonds. The summed E-state index contributed by atoms with van der Waals surface area (Å²) >= 11 is 10.5. The summed E-state index contributed by atoms with van der Waals surface area (Å²) in [6, 6.07) is 6.57. The van der Waals surface area contributed by atoms with Gasteiger partial charge in [-0.1, -0.05) is 27.5 Å². The Morgan fingerprint density at radius 1 is 1.37 bits per heavy atom. The van der Waals surface area contributed by atoms with E-state index in [2.05, 4.69) is 26.0 Å². The van der Waals surface area contributed by atoms with E-state index in [1.54, 1.807) is 18.2 Å². The summed E-state index contributed by atoms with van der Waals surface area (Å²) in [5, 5.41) is 4.80. The Hall–Kier alpha value is -1.44. The summed E-state index contributed by atoms with van der Waals surface area (Å²) in [4.78, 5) is 16.1. The number of rotatable bonds is 2. The van der Waals surface area contributed by atoms with E-state index in [4.69, 9.17) is 16.3 Å². The standard InChI is InChI=1S/C11H5BrClN3O2S/c12-6-1-2-7(13)8(5-6)18-11-15-16-9(17)3-4-14-10(16)19-11/h1-5H. The molecule has 96 valence electrons. The van der Waals surface area contributed by atoms with Crippen LogP contribution in [0.5, 0.6) is 10.9 Å². The minimum absolute atomic E-state index is 0.253. The molecule has 3 aromatic rings. The van der Waals surface area contributed by atoms with Crippen LogP contribution in [0.25, 0.3) is 4.96 Å². The molecule has 0 bridgehead atoms. The van der Waals surface area contributed by atoms with Gasteiger partial charge in [0.1, 0.15) is 5.75 Å². The van der Waals surface area contributed by atoms with Gasteiger partial charge < -0.3 is 4.74 Å². The molecule has 19 heavy (non-hydrogen) atoms. The molecule has 0 unspecified atom stereocenters. The van der Waals surface area contributed by atoms with Gasteiger partial charge in [-0.15, -0.1) is 5.10 Å². The fourth-order valence-electron chi connectivity index (χ4n) is 1.42. The SMILES string of the molecule is O=c1ccnc2sc(Oc3cc(Br)ccc3Cl)nn12. The first-order valence-corrected chi connectivity index (χ1v) is 7.10. The van der Waals surface area contributed by atoms with E-state index in [9.17, 15) is 4.79 Å². The van der Waals surface area contributed by atoms with Crippen molar-refractivity contribution in [2.45, 2.75) is 0 Å². The molecule has 0 saturated carbocycles. The molecule has 2 heterocycles. The highest BCUT2D eigenvalue weighted by Gasteiger charge is 2.10. The molecule has 0 spiro atoms. The Morgan fingerprint density at radius 2 is 2.21 bits per heavy atom. The number of ether oxygens (including phenoxy) is 1. The van der Waals surface area contributed by atoms with Gasteiger partial charge in [-0.05, 0) is 29.5 Å². The third-order valence-corrected chi connectivity index (χ3v) is 3.85. The maximum Gasteiger partial charge on any atom is 0.300 e. The van der Waals surface area contributed by atoms with E-state index >= 15 is 0 Å². The maximum absolute atomic E-state index is 11.5. The Kier molecular flexibility index (Phi) is 3.26. The van der Waals surface area contributed by atoms with E-state index in [0.717, 1.165) is 4.47 Å². The van der Waals surface area contributed by atoms with Crippen molar-refractivity contribution in [2.75, 3.05) is 0 Å². The van der Waals surface area contributed by atoms with Gasteiger partial charge in [-0.25, -0.2) is 4.98 Å². The molecule has 0 saturated heterocycles. The van der Waals surface area contributed by atoms with E-state index in [-0.39, 0.29) is 5.56 Å². The van der Waals surface area contributed by atoms with Crippen LogP contribution in [0.15, 0.2) is 39.7 Å². The van der Waals surface area contributed by atoms with Crippen molar-refractivity contribution in [3.63, 3.8) is 0 Å². The molecule has 0 fully saturated rings. The topological polar surface area (TPSA) is 56.5 Å². The Bertz CT molecular complexity index is 817. The molecule has 0 aliphatic rings. The molecular formula is C11H5BrClN3O2S. The second-order valence-electron chi connectivity index (χ2n) is 3.52. The fraction of sp³-hybridized carbons (Fsp3) is 0. The molecule has 0 aliphatic heterocycles. The first-order valence-electron chi connectivity index (χ1n) is 5.11. The molecule has 8 heteroatoms. The van der Waals surface area contributed by atoms with Gasteiger partial charge in [-0.2, -0.15) is 4.52 Å². The number of hydrogen-bond acceptors (Lipinski definition) is 5. The average Bonchev–Trinajstić information content (AvgIpc) is 2.78. The van der Waals surface area contributed by atoms with Crippen molar-refractivity contribution < 1.29 is 4.74 Å². The van der Waals surface area contributed by atoms with Gasteiger partial charge in [0.2, 0.25) is 4.96 Å². The lowest BCUT2D eigenvalue weighted by Crippen LogP contribution is -2.12. The van der Waals surface area contributed by atoms with Gasteiger partial charge in [0.15, 0.2) is 0 Å². The predicted octanol–water partition coefficient (Wildman–Crippen LogP) is 3.36. The Morgan fingerprint density at radius 3 is 3.00 bits per heavy atom. The normalized spacial score (nSPS) is 10.8. The lowest BCUT2D eigenvalue weighted by atomic mass is 10.3. The van der Waals surface area contributed by atoms with Gasteiger partial charge in [0.05, 0.1) is 5.02 Å². The second kappa shape index (κ2) is 4.92. The maximum atomic E-state index is 11.5. The molecular weight excluding hydrogens is 354 g/mol. The quantitative estimate of drug-likeness (QED) is 0.705. The minimum Gasteiger partial charge on any atom is -0.428 e. The first kappa shape index (κ1) is 12.6. The number of aromatic nitrogens is 3. The molecule has 0 N–H and O–H groups in total. The number of halogens is 2. The van der Waals surface area contributed by atoms with Crippen LogP contribution in [-0.2, 0) is 0 Å². The van der Waals surface area contributed by atoms with Crippen LogP contribution in [0, 0.1) is 0 Å². The number of benzene rings is 1. The highest BCUT2D eigenvalue weighted by Crippen LogP contribution is 2.33. The van der Waals surface area contributed by atoms with Crippen LogP contribution in [0.4, 0.5) is 0 Å². The fourth-order valence-corrected chi connectivity index (χ4v) is 2.65. The molecule has 0 radical (unpaired) electrons. The number of nitrogens with zero attached hydrogens (tertiary/aromatic N) is 3. The van der Waals surface area contributed by atoms with E-state index in [1.807, 2.05) is 0 Å². The van der Waals surface area contributed by atoms with Crippen LogP contribution in [0.1, 0.15) is 0 Å². The molecule has 0 aliphatic carbocycles. The summed E-state index contributed by atoms with van der Waals surface area (Å²) in [5.74, 6) is 0.461. The van der Waals surface area contributed by atoms with Crippen molar-refractivity contribution >= 4 is 43.8 Å². The second-order valence-corrected chi connectivity index (χ2v) is 5.76. The van der Waals surface area contributed by atoms with Crippen LogP contribution in [-0.4, -0.2) is 14.6 Å². The van der Waals surface area contributed by atoms with Crippen LogP contribution in [0.3, 0.4) is 0 Å². The smallest absolute Gasteiger partial charge is 0.300 e. The predicted molar refractivity (Wildman–Crippen MR) is 76.4 cm³/mol. The van der Waals surface area contributed by atoms with Crippen LogP contribution in [0.2, 0.25) is 5.02 Å². The molecule has 1 aromatic carbocycles. The lowest BCUT2D eigenvalue weighted by Gasteiger charge is -2.03. The van der Waals surface area contributed by atoms with Crippen molar-refractivity contribution in [3.05, 3.63) is 50.3 Å². The summed E-state index contributed by atoms with van der Waals surface area (Å²) in [5.41, 5.74) is -0.253. The zero-order valence-electron chi connectivity index (χ0n) is 9.21. The number of hydrogen-bond donors (Lipinski definition) is 0. The lowest BCUT2D eigenvalue weighted by molar-refractivity contribution is 0.469. The van der Waals surface area contributed by atoms with Gasteiger partial charge in [0, 0.05) is 16.7 Å². The minimum atomic E-state index is -0.253. The van der Waals surface area contributed by atoms with E-state index in [1.165, 1.54) is 28.1 Å². The van der Waals surface area contributed by atoms with E-state index < -0.39 is 0 Å². The molecule has 3 rings (SSSR count). The van der Waals surface area contributed by atoms with Gasteiger partial charge in [-0.3, -0.25) is 4.79 Å².